The molecule has 8 heteroatoms. The van der Waals surface area contributed by atoms with Crippen LogP contribution in [-0.2, 0) is 12.0 Å². The van der Waals surface area contributed by atoms with Gasteiger partial charge in [0.05, 0.1) is 18.4 Å². The SMILES string of the molecule is COc1nc(NCCc2ccc(Cl)cc2Cl)cc(-c2ccc(Cl)c(C(C)(C)O)c2)n1. The summed E-state index contributed by atoms with van der Waals surface area (Å²) in [7, 11) is 1.51. The number of hydrogen-bond acceptors (Lipinski definition) is 5. The molecule has 0 saturated heterocycles. The molecule has 0 radical (unpaired) electrons. The summed E-state index contributed by atoms with van der Waals surface area (Å²) in [6.45, 7) is 3.98. The van der Waals surface area contributed by atoms with Crippen molar-refractivity contribution in [1.29, 1.82) is 0 Å². The molecule has 0 atom stereocenters. The van der Waals surface area contributed by atoms with E-state index in [0.29, 0.717) is 45.1 Å². The Morgan fingerprint density at radius 2 is 1.77 bits per heavy atom. The summed E-state index contributed by atoms with van der Waals surface area (Å²) in [5.74, 6) is 0.613. The van der Waals surface area contributed by atoms with Crippen molar-refractivity contribution in [2.75, 3.05) is 19.0 Å². The van der Waals surface area contributed by atoms with Crippen LogP contribution in [0.1, 0.15) is 25.0 Å². The average molecular weight is 467 g/mol. The van der Waals surface area contributed by atoms with Gasteiger partial charge in [0.1, 0.15) is 5.82 Å². The standard InChI is InChI=1S/C22H22Cl3N3O2/c1-22(2,29)16-10-14(5-7-17(16)24)19-12-20(28-21(27-19)30-3)26-9-8-13-4-6-15(23)11-18(13)25/h4-7,10-12,29H,8-9H2,1-3H3,(H,26,27,28). The van der Waals surface area contributed by atoms with Gasteiger partial charge < -0.3 is 15.2 Å². The van der Waals surface area contributed by atoms with Gasteiger partial charge in [-0.25, -0.2) is 0 Å². The number of halogens is 3. The number of rotatable bonds is 7. The fourth-order valence-electron chi connectivity index (χ4n) is 2.96. The number of hydrogen-bond donors (Lipinski definition) is 2. The van der Waals surface area contributed by atoms with E-state index in [0.717, 1.165) is 11.1 Å². The monoisotopic (exact) mass is 465 g/mol. The van der Waals surface area contributed by atoms with Gasteiger partial charge in [-0.2, -0.15) is 9.97 Å². The van der Waals surface area contributed by atoms with Crippen LogP contribution in [0, 0.1) is 0 Å². The van der Waals surface area contributed by atoms with Gasteiger partial charge in [0.2, 0.25) is 0 Å². The summed E-state index contributed by atoms with van der Waals surface area (Å²) >= 11 is 18.4. The van der Waals surface area contributed by atoms with Crippen LogP contribution in [0.3, 0.4) is 0 Å². The normalized spacial score (nSPS) is 11.4. The molecule has 0 aliphatic carbocycles. The topological polar surface area (TPSA) is 67.3 Å². The largest absolute Gasteiger partial charge is 0.467 e. The number of ether oxygens (including phenoxy) is 1. The van der Waals surface area contributed by atoms with E-state index in [-0.39, 0.29) is 6.01 Å². The van der Waals surface area contributed by atoms with Crippen LogP contribution < -0.4 is 10.1 Å². The van der Waals surface area contributed by atoms with E-state index in [1.807, 2.05) is 30.3 Å². The molecule has 0 aliphatic rings. The summed E-state index contributed by atoms with van der Waals surface area (Å²) in [5.41, 5.74) is 1.97. The first-order chi connectivity index (χ1) is 14.2. The minimum atomic E-state index is -1.08. The molecule has 0 fully saturated rings. The lowest BCUT2D eigenvalue weighted by Gasteiger charge is -2.20. The third-order valence-electron chi connectivity index (χ3n) is 4.53. The van der Waals surface area contributed by atoms with Crippen molar-refractivity contribution in [2.45, 2.75) is 25.9 Å². The number of benzene rings is 2. The fraction of sp³-hybridized carbons (Fsp3) is 0.273. The number of aliphatic hydroxyl groups is 1. The maximum absolute atomic E-state index is 10.4. The molecule has 0 spiro atoms. The number of methoxy groups -OCH3 is 1. The fourth-order valence-corrected chi connectivity index (χ4v) is 3.81. The molecule has 2 aromatic carbocycles. The Balaban J connectivity index is 1.84. The summed E-state index contributed by atoms with van der Waals surface area (Å²) < 4.78 is 5.26. The van der Waals surface area contributed by atoms with Crippen LogP contribution in [0.4, 0.5) is 5.82 Å². The predicted molar refractivity (Wildman–Crippen MR) is 123 cm³/mol. The Kier molecular flexibility index (Phi) is 7.09. The van der Waals surface area contributed by atoms with Crippen molar-refractivity contribution < 1.29 is 9.84 Å². The lowest BCUT2D eigenvalue weighted by atomic mass is 9.95. The first-order valence-corrected chi connectivity index (χ1v) is 10.4. The third-order valence-corrected chi connectivity index (χ3v) is 5.44. The second-order valence-corrected chi connectivity index (χ2v) is 8.54. The lowest BCUT2D eigenvalue weighted by molar-refractivity contribution is 0.0787. The summed E-state index contributed by atoms with van der Waals surface area (Å²) in [4.78, 5) is 8.79. The smallest absolute Gasteiger partial charge is 0.318 e. The van der Waals surface area contributed by atoms with E-state index >= 15 is 0 Å². The Morgan fingerprint density at radius 1 is 1.00 bits per heavy atom. The van der Waals surface area contributed by atoms with Gasteiger partial charge in [-0.3, -0.25) is 0 Å². The minimum absolute atomic E-state index is 0.235. The Hall–Kier alpha value is -2.05. The molecule has 1 heterocycles. The zero-order valence-electron chi connectivity index (χ0n) is 16.8. The zero-order valence-corrected chi connectivity index (χ0v) is 19.1. The number of aromatic nitrogens is 2. The van der Waals surface area contributed by atoms with Crippen molar-refractivity contribution in [2.24, 2.45) is 0 Å². The number of anilines is 1. The van der Waals surface area contributed by atoms with Gasteiger partial charge in [-0.05, 0) is 50.1 Å². The van der Waals surface area contributed by atoms with Crippen LogP contribution in [-0.4, -0.2) is 28.7 Å². The first-order valence-electron chi connectivity index (χ1n) is 9.31. The highest BCUT2D eigenvalue weighted by Crippen LogP contribution is 2.32. The van der Waals surface area contributed by atoms with E-state index in [4.69, 9.17) is 39.5 Å². The van der Waals surface area contributed by atoms with Gasteiger partial charge in [0, 0.05) is 38.8 Å². The molecule has 0 amide bonds. The van der Waals surface area contributed by atoms with Gasteiger partial charge >= 0.3 is 6.01 Å². The van der Waals surface area contributed by atoms with Crippen LogP contribution in [0.5, 0.6) is 6.01 Å². The van der Waals surface area contributed by atoms with Crippen LogP contribution >= 0.6 is 34.8 Å². The second kappa shape index (κ2) is 9.40. The highest BCUT2D eigenvalue weighted by Gasteiger charge is 2.20. The molecule has 30 heavy (non-hydrogen) atoms. The Morgan fingerprint density at radius 3 is 2.43 bits per heavy atom. The first kappa shape index (κ1) is 22.6. The number of nitrogens with one attached hydrogen (secondary N) is 1. The van der Waals surface area contributed by atoms with Crippen molar-refractivity contribution in [3.8, 4) is 17.3 Å². The van der Waals surface area contributed by atoms with Crippen LogP contribution in [0.15, 0.2) is 42.5 Å². The van der Waals surface area contributed by atoms with Crippen LogP contribution in [0.25, 0.3) is 11.3 Å². The molecule has 0 aliphatic heterocycles. The Labute approximate surface area is 191 Å². The van der Waals surface area contributed by atoms with Crippen molar-refractivity contribution >= 4 is 40.6 Å². The number of nitrogens with zero attached hydrogens (tertiary/aromatic N) is 2. The molecule has 2 N–H and O–H groups in total. The summed E-state index contributed by atoms with van der Waals surface area (Å²) in [6, 6.07) is 12.9. The summed E-state index contributed by atoms with van der Waals surface area (Å²) in [6.07, 6.45) is 0.696. The lowest BCUT2D eigenvalue weighted by Crippen LogP contribution is -2.16. The second-order valence-electron chi connectivity index (χ2n) is 7.29. The average Bonchev–Trinajstić information content (AvgIpc) is 2.69. The predicted octanol–water partition coefficient (Wildman–Crippen LogP) is 5.99. The molecule has 1 aromatic heterocycles. The molecule has 0 saturated carbocycles. The molecule has 3 aromatic rings. The maximum Gasteiger partial charge on any atom is 0.318 e. The molecule has 0 bridgehead atoms. The highest BCUT2D eigenvalue weighted by atomic mass is 35.5. The van der Waals surface area contributed by atoms with Gasteiger partial charge in [-0.1, -0.05) is 46.9 Å². The molecule has 158 valence electrons. The van der Waals surface area contributed by atoms with Crippen molar-refractivity contribution in [3.05, 3.63) is 68.7 Å². The van der Waals surface area contributed by atoms with E-state index < -0.39 is 5.60 Å². The molecule has 0 unspecified atom stereocenters. The highest BCUT2D eigenvalue weighted by molar-refractivity contribution is 6.35. The molecule has 3 rings (SSSR count). The van der Waals surface area contributed by atoms with Gasteiger partial charge in [0.15, 0.2) is 0 Å². The van der Waals surface area contributed by atoms with Gasteiger partial charge in [0.25, 0.3) is 0 Å². The van der Waals surface area contributed by atoms with Gasteiger partial charge in [-0.15, -0.1) is 0 Å². The van der Waals surface area contributed by atoms with Crippen molar-refractivity contribution in [1.82, 2.24) is 9.97 Å². The molecular weight excluding hydrogens is 445 g/mol. The van der Waals surface area contributed by atoms with E-state index in [1.54, 1.807) is 26.0 Å². The van der Waals surface area contributed by atoms with Crippen molar-refractivity contribution in [3.63, 3.8) is 0 Å². The van der Waals surface area contributed by atoms with E-state index in [1.165, 1.54) is 7.11 Å². The Bertz CT molecular complexity index is 1050. The minimum Gasteiger partial charge on any atom is -0.467 e. The zero-order chi connectivity index (χ0) is 21.9. The van der Waals surface area contributed by atoms with E-state index in [2.05, 4.69) is 15.3 Å². The molecular formula is C22H22Cl3N3O2. The maximum atomic E-state index is 10.4. The quantitative estimate of drug-likeness (QED) is 0.447. The molecule has 5 nitrogen and oxygen atoms in total. The van der Waals surface area contributed by atoms with Crippen LogP contribution in [0.2, 0.25) is 15.1 Å². The third kappa shape index (κ3) is 5.55. The van der Waals surface area contributed by atoms with E-state index in [9.17, 15) is 5.11 Å². The summed E-state index contributed by atoms with van der Waals surface area (Å²) in [5, 5.41) is 15.4.